The van der Waals surface area contributed by atoms with Gasteiger partial charge in [-0.1, -0.05) is 13.8 Å². The lowest BCUT2D eigenvalue weighted by atomic mass is 9.80. The molecule has 1 aliphatic rings. The van der Waals surface area contributed by atoms with Crippen LogP contribution in [0.2, 0.25) is 0 Å². The van der Waals surface area contributed by atoms with E-state index < -0.39 is 11.8 Å². The van der Waals surface area contributed by atoms with Gasteiger partial charge in [0.15, 0.2) is 0 Å². The molecule has 0 amide bonds. The highest BCUT2D eigenvalue weighted by Crippen LogP contribution is 2.32. The first-order valence-corrected chi connectivity index (χ1v) is 6.95. The highest BCUT2D eigenvalue weighted by atomic mass is 19.1. The van der Waals surface area contributed by atoms with Gasteiger partial charge in [-0.05, 0) is 43.2 Å². The van der Waals surface area contributed by atoms with Gasteiger partial charge in [-0.3, -0.25) is 0 Å². The van der Waals surface area contributed by atoms with Crippen LogP contribution in [0.5, 0.6) is 0 Å². The quantitative estimate of drug-likeness (QED) is 0.742. The number of benzene rings is 1. The number of hydrogen-bond donors (Lipinski definition) is 3. The molecule has 0 spiro atoms. The zero-order valence-corrected chi connectivity index (χ0v) is 11.8. The van der Waals surface area contributed by atoms with E-state index >= 15 is 0 Å². The monoisotopic (exact) mass is 280 g/mol. The maximum Gasteiger partial charge on any atom is 0.337 e. The molecule has 2 rings (SSSR count). The van der Waals surface area contributed by atoms with Gasteiger partial charge in [-0.25, -0.2) is 9.18 Å². The van der Waals surface area contributed by atoms with E-state index in [1.807, 2.05) is 0 Å². The summed E-state index contributed by atoms with van der Waals surface area (Å²) in [4.78, 5) is 11.1. The predicted molar refractivity (Wildman–Crippen MR) is 77.4 cm³/mol. The summed E-state index contributed by atoms with van der Waals surface area (Å²) in [5.41, 5.74) is 5.63. The van der Waals surface area contributed by atoms with Crippen molar-refractivity contribution in [2.24, 2.45) is 11.8 Å². The lowest BCUT2D eigenvalue weighted by Gasteiger charge is -2.32. The topological polar surface area (TPSA) is 75.3 Å². The second kappa shape index (κ2) is 5.69. The maximum absolute atomic E-state index is 13.9. The standard InChI is InChI=1S/C15H21FN2O2/c1-8-3-9(2)5-10(4-8)18-14-6-11(15(19)20)13(17)7-12(14)16/h6-10,18H,3-5,17H2,1-2H3,(H,19,20). The normalized spacial score (nSPS) is 26.2. The highest BCUT2D eigenvalue weighted by Gasteiger charge is 2.25. The largest absolute Gasteiger partial charge is 0.478 e. The van der Waals surface area contributed by atoms with Crippen LogP contribution in [0.3, 0.4) is 0 Å². The van der Waals surface area contributed by atoms with Gasteiger partial charge >= 0.3 is 5.97 Å². The summed E-state index contributed by atoms with van der Waals surface area (Å²) in [5, 5.41) is 12.2. The van der Waals surface area contributed by atoms with E-state index in [0.29, 0.717) is 11.8 Å². The molecule has 110 valence electrons. The van der Waals surface area contributed by atoms with E-state index in [4.69, 9.17) is 10.8 Å². The van der Waals surface area contributed by atoms with E-state index in [9.17, 15) is 9.18 Å². The number of aromatic carboxylic acids is 1. The Balaban J connectivity index is 2.20. The smallest absolute Gasteiger partial charge is 0.337 e. The Bertz CT molecular complexity index is 509. The fraction of sp³-hybridized carbons (Fsp3) is 0.533. The number of hydrogen-bond acceptors (Lipinski definition) is 3. The van der Waals surface area contributed by atoms with Crippen LogP contribution in [0.25, 0.3) is 0 Å². The van der Waals surface area contributed by atoms with Gasteiger partial charge < -0.3 is 16.2 Å². The first kappa shape index (κ1) is 14.6. The minimum atomic E-state index is -1.14. The summed E-state index contributed by atoms with van der Waals surface area (Å²) in [7, 11) is 0. The minimum Gasteiger partial charge on any atom is -0.478 e. The first-order valence-electron chi connectivity index (χ1n) is 6.95. The minimum absolute atomic E-state index is 0.0501. The van der Waals surface area contributed by atoms with Crippen molar-refractivity contribution in [2.45, 2.75) is 39.2 Å². The third kappa shape index (κ3) is 3.21. The van der Waals surface area contributed by atoms with E-state index in [1.54, 1.807) is 0 Å². The number of rotatable bonds is 3. The van der Waals surface area contributed by atoms with Crippen molar-refractivity contribution in [3.05, 3.63) is 23.5 Å². The molecular formula is C15H21FN2O2. The SMILES string of the molecule is CC1CC(C)CC(Nc2cc(C(=O)O)c(N)cc2F)C1. The number of carboxylic acids is 1. The van der Waals surface area contributed by atoms with Crippen LogP contribution >= 0.6 is 0 Å². The first-order chi connectivity index (χ1) is 9.36. The number of nitrogens with one attached hydrogen (secondary N) is 1. The van der Waals surface area contributed by atoms with Crippen molar-refractivity contribution in [1.29, 1.82) is 0 Å². The molecule has 1 saturated carbocycles. The van der Waals surface area contributed by atoms with Gasteiger partial charge in [0.1, 0.15) is 5.82 Å². The molecule has 4 nitrogen and oxygen atoms in total. The molecule has 1 aromatic rings. The molecule has 1 fully saturated rings. The van der Waals surface area contributed by atoms with Crippen molar-refractivity contribution < 1.29 is 14.3 Å². The molecule has 1 aromatic carbocycles. The maximum atomic E-state index is 13.9. The number of nitrogen functional groups attached to an aromatic ring is 1. The highest BCUT2D eigenvalue weighted by molar-refractivity contribution is 5.94. The van der Waals surface area contributed by atoms with Gasteiger partial charge in [0, 0.05) is 11.7 Å². The van der Waals surface area contributed by atoms with Gasteiger partial charge in [0.2, 0.25) is 0 Å². The average Bonchev–Trinajstić information content (AvgIpc) is 2.30. The lowest BCUT2D eigenvalue weighted by Crippen LogP contribution is -2.30. The molecule has 5 heteroatoms. The van der Waals surface area contributed by atoms with Crippen LogP contribution < -0.4 is 11.1 Å². The number of carboxylic acid groups (broad SMARTS) is 1. The Hall–Kier alpha value is -1.78. The second-order valence-electron chi connectivity index (χ2n) is 5.98. The van der Waals surface area contributed by atoms with E-state index in [0.717, 1.165) is 18.9 Å². The van der Waals surface area contributed by atoms with Gasteiger partial charge in [0.25, 0.3) is 0 Å². The van der Waals surface area contributed by atoms with Gasteiger partial charge in [-0.15, -0.1) is 0 Å². The van der Waals surface area contributed by atoms with Crippen molar-refractivity contribution in [2.75, 3.05) is 11.1 Å². The number of nitrogens with two attached hydrogens (primary N) is 1. The second-order valence-corrected chi connectivity index (χ2v) is 5.98. The Morgan fingerprint density at radius 2 is 1.90 bits per heavy atom. The van der Waals surface area contributed by atoms with Crippen LogP contribution in [-0.2, 0) is 0 Å². The van der Waals surface area contributed by atoms with E-state index in [2.05, 4.69) is 19.2 Å². The molecular weight excluding hydrogens is 259 g/mol. The lowest BCUT2D eigenvalue weighted by molar-refractivity contribution is 0.0698. The summed E-state index contributed by atoms with van der Waals surface area (Å²) in [5.74, 6) is -0.464. The average molecular weight is 280 g/mol. The van der Waals surface area contributed by atoms with Gasteiger partial charge in [-0.2, -0.15) is 0 Å². The molecule has 1 aliphatic carbocycles. The summed E-state index contributed by atoms with van der Waals surface area (Å²) in [6.45, 7) is 4.37. The zero-order chi connectivity index (χ0) is 14.9. The van der Waals surface area contributed by atoms with Crippen molar-refractivity contribution in [3.8, 4) is 0 Å². The summed E-state index contributed by atoms with van der Waals surface area (Å²) >= 11 is 0. The third-order valence-electron chi connectivity index (χ3n) is 3.91. The van der Waals surface area contributed by atoms with Crippen LogP contribution in [0.4, 0.5) is 15.8 Å². The number of anilines is 2. The molecule has 0 heterocycles. The van der Waals surface area contributed by atoms with Crippen LogP contribution in [0.1, 0.15) is 43.5 Å². The summed E-state index contributed by atoms with van der Waals surface area (Å²) < 4.78 is 13.9. The molecule has 2 unspecified atom stereocenters. The van der Waals surface area contributed by atoms with Gasteiger partial charge in [0.05, 0.1) is 11.3 Å². The fourth-order valence-corrected chi connectivity index (χ4v) is 3.17. The Labute approximate surface area is 118 Å². The fourth-order valence-electron chi connectivity index (χ4n) is 3.17. The van der Waals surface area contributed by atoms with E-state index in [1.165, 1.54) is 12.5 Å². The molecule has 0 saturated heterocycles. The van der Waals surface area contributed by atoms with Crippen molar-refractivity contribution in [1.82, 2.24) is 0 Å². The molecule has 0 aliphatic heterocycles. The number of carbonyl (C=O) groups is 1. The van der Waals surface area contributed by atoms with Crippen molar-refractivity contribution in [3.63, 3.8) is 0 Å². The molecule has 4 N–H and O–H groups in total. The van der Waals surface area contributed by atoms with Crippen LogP contribution in [0.15, 0.2) is 12.1 Å². The Kier molecular flexibility index (Phi) is 4.16. The third-order valence-corrected chi connectivity index (χ3v) is 3.91. The predicted octanol–water partition coefficient (Wildman–Crippen LogP) is 3.34. The molecule has 0 radical (unpaired) electrons. The molecule has 2 atom stereocenters. The molecule has 0 aromatic heterocycles. The summed E-state index contributed by atoms with van der Waals surface area (Å²) in [6, 6.07) is 2.53. The van der Waals surface area contributed by atoms with E-state index in [-0.39, 0.29) is 23.0 Å². The van der Waals surface area contributed by atoms with Crippen LogP contribution in [-0.4, -0.2) is 17.1 Å². The van der Waals surface area contributed by atoms with Crippen molar-refractivity contribution >= 4 is 17.3 Å². The van der Waals surface area contributed by atoms with Crippen LogP contribution in [0, 0.1) is 17.7 Å². The zero-order valence-electron chi connectivity index (χ0n) is 11.8. The molecule has 0 bridgehead atoms. The Morgan fingerprint density at radius 3 is 2.45 bits per heavy atom. The molecule has 20 heavy (non-hydrogen) atoms. The Morgan fingerprint density at radius 1 is 1.30 bits per heavy atom. The number of halogens is 1. The summed E-state index contributed by atoms with van der Waals surface area (Å²) in [6.07, 6.45) is 3.12.